The molecule has 3 nitrogen and oxygen atoms in total. The maximum atomic E-state index is 5.81. The van der Waals surface area contributed by atoms with Gasteiger partial charge in [0, 0.05) is 24.9 Å². The third-order valence-electron chi connectivity index (χ3n) is 2.95. The lowest BCUT2D eigenvalue weighted by atomic mass is 10.1. The Labute approximate surface area is 128 Å². The number of benzene rings is 1. The summed E-state index contributed by atoms with van der Waals surface area (Å²) in [7, 11) is 0. The van der Waals surface area contributed by atoms with Crippen molar-refractivity contribution in [3.05, 3.63) is 58.3 Å². The predicted octanol–water partition coefficient (Wildman–Crippen LogP) is 3.36. The highest BCUT2D eigenvalue weighted by molar-refractivity contribution is 9.10. The largest absolute Gasteiger partial charge is 0.492 e. The van der Waals surface area contributed by atoms with E-state index in [9.17, 15) is 0 Å². The van der Waals surface area contributed by atoms with E-state index in [0.717, 1.165) is 23.1 Å². The molecule has 0 saturated heterocycles. The first kappa shape index (κ1) is 15.0. The fraction of sp³-hybridized carbons (Fsp3) is 0.312. The molecule has 1 heterocycles. The zero-order valence-electron chi connectivity index (χ0n) is 11.6. The zero-order chi connectivity index (χ0) is 14.4. The van der Waals surface area contributed by atoms with Crippen molar-refractivity contribution < 1.29 is 4.74 Å². The molecule has 2 N–H and O–H groups in total. The summed E-state index contributed by atoms with van der Waals surface area (Å²) in [6.45, 7) is 2.66. The second-order valence-electron chi connectivity index (χ2n) is 4.90. The maximum absolute atomic E-state index is 5.81. The first-order valence-corrected chi connectivity index (χ1v) is 7.50. The van der Waals surface area contributed by atoms with Gasteiger partial charge in [-0.2, -0.15) is 0 Å². The quantitative estimate of drug-likeness (QED) is 0.881. The van der Waals surface area contributed by atoms with Gasteiger partial charge in [-0.05, 0) is 64.7 Å². The van der Waals surface area contributed by atoms with E-state index in [0.29, 0.717) is 6.61 Å². The molecule has 0 bridgehead atoms. The second-order valence-corrected chi connectivity index (χ2v) is 5.75. The number of hydrogen-bond donors (Lipinski definition) is 1. The van der Waals surface area contributed by atoms with E-state index < -0.39 is 0 Å². The molecule has 0 spiro atoms. The van der Waals surface area contributed by atoms with Gasteiger partial charge in [-0.15, -0.1) is 0 Å². The minimum Gasteiger partial charge on any atom is -0.492 e. The molecular formula is C16H19BrN2O. The van der Waals surface area contributed by atoms with Crippen LogP contribution in [0.25, 0.3) is 0 Å². The Bertz CT molecular complexity index is 543. The Morgan fingerprint density at radius 1 is 1.20 bits per heavy atom. The van der Waals surface area contributed by atoms with E-state index in [2.05, 4.69) is 33.0 Å². The topological polar surface area (TPSA) is 48.1 Å². The lowest BCUT2D eigenvalue weighted by molar-refractivity contribution is 0.320. The van der Waals surface area contributed by atoms with Crippen molar-refractivity contribution >= 4 is 15.9 Å². The molecule has 0 fully saturated rings. The summed E-state index contributed by atoms with van der Waals surface area (Å²) in [6.07, 6.45) is 5.34. The number of nitrogens with two attached hydrogens (primary N) is 1. The summed E-state index contributed by atoms with van der Waals surface area (Å²) in [5.41, 5.74) is 8.25. The Kier molecular flexibility index (Phi) is 5.56. The molecule has 20 heavy (non-hydrogen) atoms. The lowest BCUT2D eigenvalue weighted by Crippen LogP contribution is -2.17. The molecule has 0 aliphatic carbocycles. The molecule has 0 aliphatic heterocycles. The molecule has 1 atom stereocenters. The number of ether oxygens (including phenoxy) is 1. The van der Waals surface area contributed by atoms with Crippen molar-refractivity contribution in [3.8, 4) is 5.75 Å². The number of rotatable bonds is 6. The molecule has 0 amide bonds. The molecule has 1 aromatic heterocycles. The van der Waals surface area contributed by atoms with Crippen LogP contribution < -0.4 is 10.5 Å². The van der Waals surface area contributed by atoms with Gasteiger partial charge in [0.2, 0.25) is 0 Å². The highest BCUT2D eigenvalue weighted by Crippen LogP contribution is 2.26. The first-order valence-electron chi connectivity index (χ1n) is 6.71. The highest BCUT2D eigenvalue weighted by atomic mass is 79.9. The Balaban J connectivity index is 1.90. The maximum Gasteiger partial charge on any atom is 0.133 e. The molecule has 0 saturated carbocycles. The zero-order valence-corrected chi connectivity index (χ0v) is 13.1. The number of pyridine rings is 1. The number of aromatic nitrogens is 1. The summed E-state index contributed by atoms with van der Waals surface area (Å²) in [4.78, 5) is 4.00. The SMILES string of the molecule is CC(N)Cc1ccc(OCCc2ccncc2)c(Br)c1. The van der Waals surface area contributed by atoms with Crippen LogP contribution in [0, 0.1) is 0 Å². The predicted molar refractivity (Wildman–Crippen MR) is 84.9 cm³/mol. The van der Waals surface area contributed by atoms with Gasteiger partial charge in [0.1, 0.15) is 5.75 Å². The van der Waals surface area contributed by atoms with E-state index >= 15 is 0 Å². The molecule has 106 valence electrons. The fourth-order valence-corrected chi connectivity index (χ4v) is 2.53. The van der Waals surface area contributed by atoms with E-state index in [4.69, 9.17) is 10.5 Å². The van der Waals surface area contributed by atoms with Crippen LogP contribution >= 0.6 is 15.9 Å². The molecule has 0 aliphatic rings. The molecule has 1 unspecified atom stereocenters. The minimum atomic E-state index is 0.167. The van der Waals surface area contributed by atoms with E-state index in [-0.39, 0.29) is 6.04 Å². The second kappa shape index (κ2) is 7.41. The number of nitrogens with zero attached hydrogens (tertiary/aromatic N) is 1. The van der Waals surface area contributed by atoms with Gasteiger partial charge in [-0.3, -0.25) is 4.98 Å². The average molecular weight is 335 g/mol. The van der Waals surface area contributed by atoms with Crippen LogP contribution in [-0.2, 0) is 12.8 Å². The molecule has 1 aromatic carbocycles. The molecule has 2 rings (SSSR count). The van der Waals surface area contributed by atoms with Crippen LogP contribution in [0.1, 0.15) is 18.1 Å². The monoisotopic (exact) mass is 334 g/mol. The molecule has 2 aromatic rings. The van der Waals surface area contributed by atoms with Crippen LogP contribution in [0.2, 0.25) is 0 Å². The van der Waals surface area contributed by atoms with Crippen molar-refractivity contribution in [2.24, 2.45) is 5.73 Å². The van der Waals surface area contributed by atoms with Crippen molar-refractivity contribution in [1.29, 1.82) is 0 Å². The molecular weight excluding hydrogens is 316 g/mol. The van der Waals surface area contributed by atoms with Gasteiger partial charge in [0.15, 0.2) is 0 Å². The summed E-state index contributed by atoms with van der Waals surface area (Å²) < 4.78 is 6.78. The van der Waals surface area contributed by atoms with Gasteiger partial charge in [-0.1, -0.05) is 6.07 Å². The van der Waals surface area contributed by atoms with E-state index in [1.165, 1.54) is 11.1 Å². The smallest absolute Gasteiger partial charge is 0.133 e. The van der Waals surface area contributed by atoms with E-state index in [1.54, 1.807) is 12.4 Å². The lowest BCUT2D eigenvalue weighted by Gasteiger charge is -2.11. The number of halogens is 1. The van der Waals surface area contributed by atoms with Crippen molar-refractivity contribution in [2.75, 3.05) is 6.61 Å². The van der Waals surface area contributed by atoms with Gasteiger partial charge >= 0.3 is 0 Å². The third-order valence-corrected chi connectivity index (χ3v) is 3.57. The summed E-state index contributed by atoms with van der Waals surface area (Å²) in [6, 6.07) is 10.3. The van der Waals surface area contributed by atoms with Crippen molar-refractivity contribution in [3.63, 3.8) is 0 Å². The van der Waals surface area contributed by atoms with Gasteiger partial charge in [-0.25, -0.2) is 0 Å². The van der Waals surface area contributed by atoms with Gasteiger partial charge in [0.05, 0.1) is 11.1 Å². The fourth-order valence-electron chi connectivity index (χ4n) is 1.99. The minimum absolute atomic E-state index is 0.167. The van der Waals surface area contributed by atoms with Crippen molar-refractivity contribution in [1.82, 2.24) is 4.98 Å². The Morgan fingerprint density at radius 2 is 1.95 bits per heavy atom. The van der Waals surface area contributed by atoms with Crippen LogP contribution in [0.15, 0.2) is 47.2 Å². The van der Waals surface area contributed by atoms with Crippen LogP contribution in [0.5, 0.6) is 5.75 Å². The summed E-state index contributed by atoms with van der Waals surface area (Å²) in [5.74, 6) is 0.868. The van der Waals surface area contributed by atoms with Gasteiger partial charge < -0.3 is 10.5 Å². The Hall–Kier alpha value is -1.39. The average Bonchev–Trinajstić information content (AvgIpc) is 2.42. The first-order chi connectivity index (χ1) is 9.65. The van der Waals surface area contributed by atoms with Crippen LogP contribution in [0.3, 0.4) is 0 Å². The normalized spacial score (nSPS) is 12.2. The van der Waals surface area contributed by atoms with E-state index in [1.807, 2.05) is 25.1 Å². The van der Waals surface area contributed by atoms with Crippen LogP contribution in [-0.4, -0.2) is 17.6 Å². The summed E-state index contributed by atoms with van der Waals surface area (Å²) in [5, 5.41) is 0. The standard InChI is InChI=1S/C16H19BrN2O/c1-12(18)10-14-2-3-16(15(17)11-14)20-9-6-13-4-7-19-8-5-13/h2-5,7-8,11-12H,6,9-10,18H2,1H3. The van der Waals surface area contributed by atoms with Crippen LogP contribution in [0.4, 0.5) is 0 Å². The van der Waals surface area contributed by atoms with Gasteiger partial charge in [0.25, 0.3) is 0 Å². The third kappa shape index (κ3) is 4.62. The van der Waals surface area contributed by atoms with Crippen molar-refractivity contribution in [2.45, 2.75) is 25.8 Å². The highest BCUT2D eigenvalue weighted by Gasteiger charge is 2.04. The Morgan fingerprint density at radius 3 is 2.60 bits per heavy atom. The molecule has 4 heteroatoms. The molecule has 0 radical (unpaired) electrons. The summed E-state index contributed by atoms with van der Waals surface area (Å²) >= 11 is 3.55. The number of hydrogen-bond acceptors (Lipinski definition) is 3.